The van der Waals surface area contributed by atoms with E-state index in [0.717, 1.165) is 19.3 Å². The van der Waals surface area contributed by atoms with Gasteiger partial charge in [0, 0.05) is 6.04 Å². The second-order valence-corrected chi connectivity index (χ2v) is 6.83. The average Bonchev–Trinajstić information content (AvgIpc) is 2.49. The zero-order valence-electron chi connectivity index (χ0n) is 13.7. The summed E-state index contributed by atoms with van der Waals surface area (Å²) in [5.41, 5.74) is 0.315. The first-order chi connectivity index (χ1) is 9.97. The van der Waals surface area contributed by atoms with Crippen LogP contribution >= 0.6 is 0 Å². The number of ether oxygens (including phenoxy) is 1. The van der Waals surface area contributed by atoms with Crippen molar-refractivity contribution in [3.63, 3.8) is 0 Å². The Bertz CT molecular complexity index is 460. The average molecular weight is 293 g/mol. The molecule has 1 N–H and O–H groups in total. The van der Waals surface area contributed by atoms with Crippen LogP contribution < -0.4 is 10.1 Å². The van der Waals surface area contributed by atoms with Crippen molar-refractivity contribution in [2.45, 2.75) is 58.6 Å². The number of likely N-dealkylation sites (N-methyl/N-ethyl adjacent to an activating group) is 1. The number of halogens is 1. The third-order valence-corrected chi connectivity index (χ3v) is 5.29. The summed E-state index contributed by atoms with van der Waals surface area (Å²) in [5, 5.41) is 3.34. The van der Waals surface area contributed by atoms with Crippen molar-refractivity contribution < 1.29 is 9.13 Å². The lowest BCUT2D eigenvalue weighted by Gasteiger charge is -2.42. The minimum atomic E-state index is -0.274. The molecule has 0 spiro atoms. The van der Waals surface area contributed by atoms with Crippen molar-refractivity contribution in [3.05, 3.63) is 30.1 Å². The monoisotopic (exact) mass is 293 g/mol. The second-order valence-electron chi connectivity index (χ2n) is 6.83. The molecule has 0 amide bonds. The van der Waals surface area contributed by atoms with E-state index in [0.29, 0.717) is 23.1 Å². The summed E-state index contributed by atoms with van der Waals surface area (Å²) in [6.45, 7) is 6.91. The Morgan fingerprint density at radius 2 is 2.00 bits per heavy atom. The fraction of sp³-hybridized carbons (Fsp3) is 0.667. The summed E-state index contributed by atoms with van der Waals surface area (Å²) < 4.78 is 19.8. The molecule has 0 radical (unpaired) electrons. The lowest BCUT2D eigenvalue weighted by atomic mass is 9.68. The van der Waals surface area contributed by atoms with Crippen LogP contribution in [-0.4, -0.2) is 19.2 Å². The van der Waals surface area contributed by atoms with Crippen LogP contribution in [0.2, 0.25) is 0 Å². The molecule has 0 bridgehead atoms. The molecular weight excluding hydrogens is 265 g/mol. The molecule has 21 heavy (non-hydrogen) atoms. The first-order valence-corrected chi connectivity index (χ1v) is 8.06. The van der Waals surface area contributed by atoms with Gasteiger partial charge in [-0.05, 0) is 49.8 Å². The van der Waals surface area contributed by atoms with Gasteiger partial charge in [-0.3, -0.25) is 0 Å². The standard InChI is InChI=1S/C18H28FNO/c1-5-18(2,3)13-10-11-15(20-4)17(12-13)21-16-9-7-6-8-14(16)19/h6-9,13,15,17,20H,5,10-12H2,1-4H3. The Balaban J connectivity index is 2.12. The van der Waals surface area contributed by atoms with Gasteiger partial charge in [-0.1, -0.05) is 39.3 Å². The van der Waals surface area contributed by atoms with Crippen molar-refractivity contribution in [3.8, 4) is 5.75 Å². The molecule has 1 aliphatic rings. The van der Waals surface area contributed by atoms with Crippen LogP contribution in [-0.2, 0) is 0 Å². The van der Waals surface area contributed by atoms with Gasteiger partial charge in [0.25, 0.3) is 0 Å². The normalized spacial score (nSPS) is 26.6. The van der Waals surface area contributed by atoms with Crippen LogP contribution in [0, 0.1) is 17.2 Å². The van der Waals surface area contributed by atoms with Gasteiger partial charge in [-0.15, -0.1) is 0 Å². The highest BCUT2D eigenvalue weighted by molar-refractivity contribution is 5.24. The van der Waals surface area contributed by atoms with E-state index in [1.165, 1.54) is 12.5 Å². The van der Waals surface area contributed by atoms with E-state index in [9.17, 15) is 4.39 Å². The molecule has 2 rings (SSSR count). The molecule has 0 saturated heterocycles. The molecule has 1 saturated carbocycles. The Morgan fingerprint density at radius 3 is 2.62 bits per heavy atom. The fourth-order valence-electron chi connectivity index (χ4n) is 3.29. The van der Waals surface area contributed by atoms with Gasteiger partial charge in [0.1, 0.15) is 6.10 Å². The summed E-state index contributed by atoms with van der Waals surface area (Å²) >= 11 is 0. The summed E-state index contributed by atoms with van der Waals surface area (Å²) in [4.78, 5) is 0. The molecule has 1 aromatic carbocycles. The SMILES string of the molecule is CCC(C)(C)C1CCC(NC)C(Oc2ccccc2F)C1. The molecule has 2 nitrogen and oxygen atoms in total. The van der Waals surface area contributed by atoms with Crippen LogP contribution in [0.4, 0.5) is 4.39 Å². The van der Waals surface area contributed by atoms with E-state index < -0.39 is 0 Å². The number of hydrogen-bond acceptors (Lipinski definition) is 2. The lowest BCUT2D eigenvalue weighted by molar-refractivity contribution is 0.0393. The molecule has 1 fully saturated rings. The van der Waals surface area contributed by atoms with Gasteiger partial charge < -0.3 is 10.1 Å². The van der Waals surface area contributed by atoms with Crippen LogP contribution in [0.1, 0.15) is 46.5 Å². The van der Waals surface area contributed by atoms with E-state index in [1.54, 1.807) is 12.1 Å². The van der Waals surface area contributed by atoms with Crippen molar-refractivity contribution in [1.29, 1.82) is 0 Å². The number of rotatable bonds is 5. The van der Waals surface area contributed by atoms with Gasteiger partial charge in [0.2, 0.25) is 0 Å². The van der Waals surface area contributed by atoms with Gasteiger partial charge in [0.05, 0.1) is 0 Å². The molecule has 118 valence electrons. The highest BCUT2D eigenvalue weighted by Gasteiger charge is 2.38. The van der Waals surface area contributed by atoms with Crippen molar-refractivity contribution in [1.82, 2.24) is 5.32 Å². The minimum absolute atomic E-state index is 0.0384. The largest absolute Gasteiger partial charge is 0.486 e. The maximum absolute atomic E-state index is 13.8. The second kappa shape index (κ2) is 6.78. The summed E-state index contributed by atoms with van der Waals surface area (Å²) in [6.07, 6.45) is 4.49. The van der Waals surface area contributed by atoms with Crippen LogP contribution in [0.15, 0.2) is 24.3 Å². The van der Waals surface area contributed by atoms with E-state index >= 15 is 0 Å². The zero-order valence-corrected chi connectivity index (χ0v) is 13.7. The molecule has 0 aliphatic heterocycles. The fourth-order valence-corrected chi connectivity index (χ4v) is 3.29. The van der Waals surface area contributed by atoms with Crippen molar-refractivity contribution in [2.75, 3.05) is 7.05 Å². The topological polar surface area (TPSA) is 21.3 Å². The summed E-state index contributed by atoms with van der Waals surface area (Å²) in [6, 6.07) is 7.00. The Kier molecular flexibility index (Phi) is 5.26. The first kappa shape index (κ1) is 16.3. The highest BCUT2D eigenvalue weighted by Crippen LogP contribution is 2.41. The van der Waals surface area contributed by atoms with Crippen molar-refractivity contribution in [2.24, 2.45) is 11.3 Å². The smallest absolute Gasteiger partial charge is 0.165 e. The molecular formula is C18H28FNO. The first-order valence-electron chi connectivity index (χ1n) is 8.06. The maximum atomic E-state index is 13.8. The van der Waals surface area contributed by atoms with E-state index in [2.05, 4.69) is 26.1 Å². The lowest BCUT2D eigenvalue weighted by Crippen LogP contribution is -2.48. The Morgan fingerprint density at radius 1 is 1.29 bits per heavy atom. The molecule has 3 atom stereocenters. The predicted octanol–water partition coefficient (Wildman–Crippen LogP) is 4.40. The van der Waals surface area contributed by atoms with Gasteiger partial charge in [-0.2, -0.15) is 0 Å². The molecule has 1 aromatic rings. The number of para-hydroxylation sites is 1. The predicted molar refractivity (Wildman–Crippen MR) is 85.1 cm³/mol. The van der Waals surface area contributed by atoms with Crippen molar-refractivity contribution >= 4 is 0 Å². The quantitative estimate of drug-likeness (QED) is 0.869. The highest BCUT2D eigenvalue weighted by atomic mass is 19.1. The third-order valence-electron chi connectivity index (χ3n) is 5.29. The van der Waals surface area contributed by atoms with E-state index in [4.69, 9.17) is 4.74 Å². The van der Waals surface area contributed by atoms with Crippen LogP contribution in [0.3, 0.4) is 0 Å². The molecule has 3 unspecified atom stereocenters. The Labute approximate surface area is 128 Å². The minimum Gasteiger partial charge on any atom is -0.486 e. The zero-order chi connectivity index (χ0) is 15.5. The number of nitrogens with one attached hydrogen (secondary N) is 1. The van der Waals surface area contributed by atoms with Gasteiger partial charge in [-0.25, -0.2) is 4.39 Å². The molecule has 0 heterocycles. The summed E-state index contributed by atoms with van der Waals surface area (Å²) in [7, 11) is 1.97. The Hall–Kier alpha value is -1.09. The number of benzene rings is 1. The van der Waals surface area contributed by atoms with E-state index in [1.807, 2.05) is 13.1 Å². The molecule has 3 heteroatoms. The van der Waals surface area contributed by atoms with Crippen LogP contribution in [0.5, 0.6) is 5.75 Å². The maximum Gasteiger partial charge on any atom is 0.165 e. The van der Waals surface area contributed by atoms with Gasteiger partial charge in [0.15, 0.2) is 11.6 Å². The van der Waals surface area contributed by atoms with Gasteiger partial charge >= 0.3 is 0 Å². The summed E-state index contributed by atoms with van der Waals surface area (Å²) in [5.74, 6) is 0.728. The molecule has 1 aliphatic carbocycles. The third kappa shape index (κ3) is 3.76. The number of hydrogen-bond donors (Lipinski definition) is 1. The van der Waals surface area contributed by atoms with E-state index in [-0.39, 0.29) is 11.9 Å². The molecule has 0 aromatic heterocycles. The van der Waals surface area contributed by atoms with Crippen LogP contribution in [0.25, 0.3) is 0 Å².